The number of aliphatic carboxylic acids is 1. The van der Waals surface area contributed by atoms with E-state index in [4.69, 9.17) is 10.5 Å². The Balaban J connectivity index is 1.89. The van der Waals surface area contributed by atoms with E-state index >= 15 is 0 Å². The fourth-order valence-corrected chi connectivity index (χ4v) is 3.09. The Morgan fingerprint density at radius 3 is 2.57 bits per heavy atom. The number of carbonyl (C=O) groups excluding carboxylic acids is 3. The van der Waals surface area contributed by atoms with Crippen molar-refractivity contribution in [2.75, 3.05) is 13.1 Å². The van der Waals surface area contributed by atoms with Crippen LogP contribution in [0.25, 0.3) is 0 Å². The smallest absolute Gasteiger partial charge is 0.407 e. The predicted molar refractivity (Wildman–Crippen MR) is 99.2 cm³/mol. The highest BCUT2D eigenvalue weighted by molar-refractivity contribution is 6.10. The standard InChI is InChI=1S/C19H25N3O6/c1-2-19(20,17(25)26)16(24)14-9-6-10-22(14)15(23)11-21-18(27)28-12-13-7-4-3-5-8-13/h3-5,7-8,14H,2,6,9-12,20H2,1H3,(H,21,27)(H,25,26)/t14-,19?/m0/s1. The van der Waals surface area contributed by atoms with E-state index in [0.29, 0.717) is 19.4 Å². The summed E-state index contributed by atoms with van der Waals surface area (Å²) in [5.74, 6) is -2.60. The van der Waals surface area contributed by atoms with Gasteiger partial charge >= 0.3 is 12.1 Å². The van der Waals surface area contributed by atoms with Gasteiger partial charge in [-0.2, -0.15) is 0 Å². The van der Waals surface area contributed by atoms with Gasteiger partial charge in [0.05, 0.1) is 6.04 Å². The zero-order valence-electron chi connectivity index (χ0n) is 15.7. The monoisotopic (exact) mass is 391 g/mol. The number of nitrogens with two attached hydrogens (primary N) is 1. The molecule has 2 atom stereocenters. The van der Waals surface area contributed by atoms with Gasteiger partial charge < -0.3 is 25.8 Å². The summed E-state index contributed by atoms with van der Waals surface area (Å²) >= 11 is 0. The summed E-state index contributed by atoms with van der Waals surface area (Å²) in [7, 11) is 0. The van der Waals surface area contributed by atoms with Crippen LogP contribution < -0.4 is 11.1 Å². The summed E-state index contributed by atoms with van der Waals surface area (Å²) in [6, 6.07) is 8.16. The molecule has 0 spiro atoms. The van der Waals surface area contributed by atoms with E-state index in [1.54, 1.807) is 12.1 Å². The van der Waals surface area contributed by atoms with Gasteiger partial charge in [-0.1, -0.05) is 37.3 Å². The second-order valence-corrected chi connectivity index (χ2v) is 6.65. The Labute approximate surface area is 162 Å². The number of ether oxygens (including phenoxy) is 1. The minimum atomic E-state index is -2.03. The van der Waals surface area contributed by atoms with Gasteiger partial charge in [0.2, 0.25) is 5.91 Å². The van der Waals surface area contributed by atoms with Crippen molar-refractivity contribution in [1.29, 1.82) is 0 Å². The lowest BCUT2D eigenvalue weighted by molar-refractivity contribution is -0.151. The highest BCUT2D eigenvalue weighted by Gasteiger charge is 2.47. The Kier molecular flexibility index (Phi) is 7.11. The molecule has 9 heteroatoms. The average molecular weight is 391 g/mol. The number of benzene rings is 1. The number of nitrogens with one attached hydrogen (secondary N) is 1. The van der Waals surface area contributed by atoms with Crippen molar-refractivity contribution in [3.63, 3.8) is 0 Å². The number of amides is 2. The molecule has 0 bridgehead atoms. The molecule has 2 amide bonds. The van der Waals surface area contributed by atoms with E-state index in [1.165, 1.54) is 11.8 Å². The van der Waals surface area contributed by atoms with E-state index in [0.717, 1.165) is 5.56 Å². The molecule has 0 saturated carbocycles. The van der Waals surface area contributed by atoms with Crippen molar-refractivity contribution in [2.24, 2.45) is 5.73 Å². The van der Waals surface area contributed by atoms with Crippen molar-refractivity contribution >= 4 is 23.8 Å². The Bertz CT molecular complexity index is 738. The first-order chi connectivity index (χ1) is 13.3. The number of likely N-dealkylation sites (tertiary alicyclic amines) is 1. The van der Waals surface area contributed by atoms with Crippen molar-refractivity contribution in [3.8, 4) is 0 Å². The van der Waals surface area contributed by atoms with Crippen molar-refractivity contribution in [1.82, 2.24) is 10.2 Å². The second kappa shape index (κ2) is 9.32. The topological polar surface area (TPSA) is 139 Å². The first kappa shape index (κ1) is 21.4. The molecule has 0 aliphatic carbocycles. The van der Waals surface area contributed by atoms with Crippen molar-refractivity contribution in [2.45, 2.75) is 44.4 Å². The highest BCUT2D eigenvalue weighted by Crippen LogP contribution is 2.23. The number of nitrogens with zero attached hydrogens (tertiary/aromatic N) is 1. The minimum absolute atomic E-state index is 0.0660. The molecule has 2 rings (SSSR count). The van der Waals surface area contributed by atoms with Crippen LogP contribution in [-0.4, -0.2) is 58.4 Å². The molecule has 28 heavy (non-hydrogen) atoms. The Morgan fingerprint density at radius 2 is 1.96 bits per heavy atom. The summed E-state index contributed by atoms with van der Waals surface area (Å²) in [6.45, 7) is 1.53. The summed E-state index contributed by atoms with van der Waals surface area (Å²) in [6.07, 6.45) is 0.0607. The van der Waals surface area contributed by atoms with E-state index in [2.05, 4.69) is 5.32 Å². The molecular weight excluding hydrogens is 366 g/mol. The van der Waals surface area contributed by atoms with Crippen LogP contribution in [0.5, 0.6) is 0 Å². The fourth-order valence-electron chi connectivity index (χ4n) is 3.09. The summed E-state index contributed by atoms with van der Waals surface area (Å²) in [5, 5.41) is 11.6. The van der Waals surface area contributed by atoms with Crippen molar-refractivity contribution < 1.29 is 29.0 Å². The lowest BCUT2D eigenvalue weighted by Crippen LogP contribution is -2.61. The zero-order chi connectivity index (χ0) is 20.7. The van der Waals surface area contributed by atoms with Crippen LogP contribution in [0.3, 0.4) is 0 Å². The third-order valence-electron chi connectivity index (χ3n) is 4.85. The molecule has 1 aliphatic rings. The minimum Gasteiger partial charge on any atom is -0.480 e. The average Bonchev–Trinajstić information content (AvgIpc) is 3.19. The van der Waals surface area contributed by atoms with Crippen LogP contribution in [0.15, 0.2) is 30.3 Å². The number of alkyl carbamates (subject to hydrolysis) is 1. The van der Waals surface area contributed by atoms with Gasteiger partial charge in [-0.25, -0.2) is 9.59 Å². The number of carboxylic acid groups (broad SMARTS) is 1. The van der Waals surface area contributed by atoms with Crippen LogP contribution in [0.2, 0.25) is 0 Å². The molecule has 1 aliphatic heterocycles. The number of hydrogen-bond donors (Lipinski definition) is 3. The summed E-state index contributed by atoms with van der Waals surface area (Å²) in [5.41, 5.74) is 4.54. The molecule has 152 valence electrons. The number of carbonyl (C=O) groups is 4. The van der Waals surface area contributed by atoms with Crippen LogP contribution >= 0.6 is 0 Å². The second-order valence-electron chi connectivity index (χ2n) is 6.65. The normalized spacial score (nSPS) is 18.2. The van der Waals surface area contributed by atoms with Crippen LogP contribution in [0.4, 0.5) is 4.79 Å². The lowest BCUT2D eigenvalue weighted by Gasteiger charge is -2.30. The maximum Gasteiger partial charge on any atom is 0.407 e. The van der Waals surface area contributed by atoms with E-state index in [1.807, 2.05) is 18.2 Å². The summed E-state index contributed by atoms with van der Waals surface area (Å²) in [4.78, 5) is 49.5. The van der Waals surface area contributed by atoms with Crippen LogP contribution in [0.1, 0.15) is 31.7 Å². The summed E-state index contributed by atoms with van der Waals surface area (Å²) < 4.78 is 5.03. The third kappa shape index (κ3) is 4.86. The lowest BCUT2D eigenvalue weighted by atomic mass is 9.87. The van der Waals surface area contributed by atoms with Gasteiger partial charge in [0, 0.05) is 6.54 Å². The van der Waals surface area contributed by atoms with Gasteiger partial charge in [-0.3, -0.25) is 9.59 Å². The maximum atomic E-state index is 12.6. The fraction of sp³-hybridized carbons (Fsp3) is 0.474. The molecule has 4 N–H and O–H groups in total. The molecule has 1 fully saturated rings. The highest BCUT2D eigenvalue weighted by atomic mass is 16.5. The van der Waals surface area contributed by atoms with Crippen LogP contribution in [0, 0.1) is 0 Å². The molecule has 1 saturated heterocycles. The van der Waals surface area contributed by atoms with E-state index in [9.17, 15) is 24.3 Å². The third-order valence-corrected chi connectivity index (χ3v) is 4.85. The van der Waals surface area contributed by atoms with Gasteiger partial charge in [-0.05, 0) is 24.8 Å². The van der Waals surface area contributed by atoms with Crippen molar-refractivity contribution in [3.05, 3.63) is 35.9 Å². The Morgan fingerprint density at radius 1 is 1.29 bits per heavy atom. The molecule has 0 aromatic heterocycles. The predicted octanol–water partition coefficient (Wildman–Crippen LogP) is 0.665. The molecule has 1 heterocycles. The van der Waals surface area contributed by atoms with Gasteiger partial charge in [0.15, 0.2) is 11.3 Å². The van der Waals surface area contributed by atoms with Gasteiger partial charge in [-0.15, -0.1) is 0 Å². The molecule has 1 unspecified atom stereocenters. The van der Waals surface area contributed by atoms with Gasteiger partial charge in [0.1, 0.15) is 13.2 Å². The molecule has 1 aromatic carbocycles. The van der Waals surface area contributed by atoms with Crippen LogP contribution in [-0.2, 0) is 25.7 Å². The first-order valence-electron chi connectivity index (χ1n) is 9.10. The first-order valence-corrected chi connectivity index (χ1v) is 9.10. The molecular formula is C19H25N3O6. The SMILES string of the molecule is CCC(N)(C(=O)O)C(=O)[C@@H]1CCCN1C(=O)CNC(=O)OCc1ccccc1. The van der Waals surface area contributed by atoms with E-state index < -0.39 is 35.3 Å². The number of carboxylic acids is 1. The maximum absolute atomic E-state index is 12.6. The molecule has 9 nitrogen and oxygen atoms in total. The molecule has 0 radical (unpaired) electrons. The number of ketones is 1. The number of rotatable bonds is 8. The number of hydrogen-bond acceptors (Lipinski definition) is 6. The quantitative estimate of drug-likeness (QED) is 0.553. The largest absolute Gasteiger partial charge is 0.480 e. The Hall–Kier alpha value is -2.94. The molecule has 1 aromatic rings. The van der Waals surface area contributed by atoms with E-state index in [-0.39, 0.29) is 19.6 Å². The number of Topliss-reactive ketones (excluding diaryl/α,β-unsaturated/α-hetero) is 1. The van der Waals surface area contributed by atoms with Gasteiger partial charge in [0.25, 0.3) is 0 Å². The zero-order valence-corrected chi connectivity index (χ0v) is 15.7.